The molecule has 294 valence electrons. The molecule has 0 bridgehead atoms. The van der Waals surface area contributed by atoms with Gasteiger partial charge in [0.25, 0.3) is 0 Å². The number of hydrogen-bond acceptors (Lipinski definition) is 15. The summed E-state index contributed by atoms with van der Waals surface area (Å²) in [7, 11) is -9.91. The first-order valence-corrected chi connectivity index (χ1v) is 22.3. The monoisotopic (exact) mass is 802 g/mol. The number of cyclic esters (lactones) is 1. The number of rotatable bonds is 15. The van der Waals surface area contributed by atoms with Gasteiger partial charge in [-0.2, -0.15) is 0 Å². The van der Waals surface area contributed by atoms with Crippen molar-refractivity contribution in [3.63, 3.8) is 0 Å². The second-order valence-electron chi connectivity index (χ2n) is 11.3. The van der Waals surface area contributed by atoms with Gasteiger partial charge >= 0.3 is 40.7 Å². The summed E-state index contributed by atoms with van der Waals surface area (Å²) >= 11 is 0. The van der Waals surface area contributed by atoms with E-state index in [-0.39, 0.29) is 5.97 Å². The molecule has 1 saturated heterocycles. The second-order valence-corrected chi connectivity index (χ2v) is 17.2. The Bertz CT molecular complexity index is 1770. The van der Waals surface area contributed by atoms with Crippen LogP contribution in [0.15, 0.2) is 72.8 Å². The molecule has 0 aliphatic carbocycles. The third-order valence-electron chi connectivity index (χ3n) is 6.43. The first-order valence-electron chi connectivity index (χ1n) is 16.7. The lowest BCUT2D eigenvalue weighted by Crippen LogP contribution is -2.25. The lowest BCUT2D eigenvalue weighted by Gasteiger charge is -2.24. The molecule has 1 heterocycles. The highest BCUT2D eigenvalue weighted by Crippen LogP contribution is 2.49. The van der Waals surface area contributed by atoms with Crippen molar-refractivity contribution in [2.45, 2.75) is 79.7 Å². The van der Waals surface area contributed by atoms with Gasteiger partial charge < -0.3 is 27.8 Å². The summed E-state index contributed by atoms with van der Waals surface area (Å²) in [5, 5.41) is 2.38. The topological polar surface area (TPSA) is 185 Å². The third-order valence-corrected chi connectivity index (χ3v) is 11.1. The van der Waals surface area contributed by atoms with Crippen LogP contribution in [0.25, 0.3) is 10.8 Å². The Morgan fingerprint density at radius 3 is 1.89 bits per heavy atom. The minimum Gasteiger partial charge on any atom is -0.436 e. The van der Waals surface area contributed by atoms with E-state index in [1.807, 2.05) is 30.3 Å². The quantitative estimate of drug-likeness (QED) is 0.0617. The molecular weight excluding hydrogens is 753 g/mol. The number of hydrogen-bond donors (Lipinski definition) is 0. The van der Waals surface area contributed by atoms with E-state index >= 15 is 0 Å². The lowest BCUT2D eigenvalue weighted by atomic mass is 10.1. The average Bonchev–Trinajstić information content (AvgIpc) is 3.04. The zero-order valence-corrected chi connectivity index (χ0v) is 33.8. The van der Waals surface area contributed by atoms with Crippen LogP contribution in [-0.2, 0) is 64.9 Å². The molecule has 53 heavy (non-hydrogen) atoms. The number of carbonyl (C=O) groups is 3. The van der Waals surface area contributed by atoms with Crippen LogP contribution in [-0.4, -0.2) is 63.3 Å². The zero-order valence-electron chi connectivity index (χ0n) is 31.2. The molecule has 0 amide bonds. The van der Waals surface area contributed by atoms with Crippen LogP contribution >= 0.6 is 22.8 Å². The predicted molar refractivity (Wildman–Crippen MR) is 198 cm³/mol. The summed E-state index contributed by atoms with van der Waals surface area (Å²) in [6.45, 7) is 12.2. The molecule has 0 spiro atoms. The first-order chi connectivity index (χ1) is 24.9. The molecule has 3 aromatic carbocycles. The maximum Gasteiger partial charge on any atom is 0.413 e. The highest BCUT2D eigenvalue weighted by molar-refractivity contribution is 7.62. The maximum absolute atomic E-state index is 13.5. The number of ether oxygens (including phenoxy) is 3. The molecule has 0 saturated carbocycles. The SMILES string of the molecule is CC(=O)OC(C)OP(=O)(Oc1ccc2ccccc2c1)c1ccccc1.CCOP(C)(=O)OC(C)OC(C)=O.CCOP(C)(=O)OC1CCCC(=O)O1. The molecule has 1 fully saturated rings. The molecule has 6 atom stereocenters. The normalized spacial score (nSPS) is 18.4. The fourth-order valence-electron chi connectivity index (χ4n) is 4.58. The van der Waals surface area contributed by atoms with E-state index in [4.69, 9.17) is 36.6 Å². The van der Waals surface area contributed by atoms with E-state index in [9.17, 15) is 28.1 Å². The van der Waals surface area contributed by atoms with Gasteiger partial charge in [0.05, 0.1) is 18.5 Å². The van der Waals surface area contributed by atoms with Crippen LogP contribution in [0.5, 0.6) is 5.75 Å². The predicted octanol–water partition coefficient (Wildman–Crippen LogP) is 8.35. The Hall–Kier alpha value is -3.38. The van der Waals surface area contributed by atoms with Crippen LogP contribution in [0.2, 0.25) is 0 Å². The Morgan fingerprint density at radius 2 is 1.32 bits per heavy atom. The molecular formula is C35H49O15P3. The molecule has 1 aliphatic heterocycles. The first kappa shape index (κ1) is 45.8. The Morgan fingerprint density at radius 1 is 0.774 bits per heavy atom. The van der Waals surface area contributed by atoms with Crippen molar-refractivity contribution in [1.82, 2.24) is 0 Å². The number of benzene rings is 3. The van der Waals surface area contributed by atoms with Crippen LogP contribution in [0.3, 0.4) is 0 Å². The number of carbonyl (C=O) groups excluding carboxylic acids is 3. The van der Waals surface area contributed by atoms with Gasteiger partial charge in [0.2, 0.25) is 18.9 Å². The minimum absolute atomic E-state index is 0.292. The van der Waals surface area contributed by atoms with Crippen molar-refractivity contribution >= 4 is 56.8 Å². The summed E-state index contributed by atoms with van der Waals surface area (Å²) < 4.78 is 81.9. The number of fused-ring (bicyclic) bond motifs is 1. The van der Waals surface area contributed by atoms with Gasteiger partial charge in [-0.1, -0.05) is 48.5 Å². The summed E-state index contributed by atoms with van der Waals surface area (Å²) in [6, 6.07) is 21.8. The fourth-order valence-corrected chi connectivity index (χ4v) is 8.43. The second kappa shape index (κ2) is 22.1. The van der Waals surface area contributed by atoms with Gasteiger partial charge in [-0.05, 0) is 69.2 Å². The van der Waals surface area contributed by atoms with Gasteiger partial charge in [-0.25, -0.2) is 4.57 Å². The summed E-state index contributed by atoms with van der Waals surface area (Å²) in [5.41, 5.74) is 0. The van der Waals surface area contributed by atoms with Crippen LogP contribution in [0.1, 0.15) is 60.8 Å². The fraction of sp³-hybridized carbons (Fsp3) is 0.457. The van der Waals surface area contributed by atoms with Crippen molar-refractivity contribution < 1.29 is 69.4 Å². The molecule has 18 heteroatoms. The molecule has 0 aromatic heterocycles. The van der Waals surface area contributed by atoms with Crippen LogP contribution < -0.4 is 9.83 Å². The van der Waals surface area contributed by atoms with Crippen molar-refractivity contribution in [3.8, 4) is 5.75 Å². The Balaban J connectivity index is 0.000000305. The molecule has 0 radical (unpaired) electrons. The van der Waals surface area contributed by atoms with Gasteiger partial charge in [0.1, 0.15) is 5.75 Å². The number of esters is 3. The summed E-state index contributed by atoms with van der Waals surface area (Å²) in [5.74, 6) is -0.907. The molecule has 4 rings (SSSR count). The molecule has 15 nitrogen and oxygen atoms in total. The van der Waals surface area contributed by atoms with Gasteiger partial charge in [0, 0.05) is 40.0 Å². The standard InChI is InChI=1S/C20H19O5P.C8H15O5P.C7H15O5P/c1-15(21)23-16(2)24-26(22,20-10-4-3-5-11-20)25-19-13-12-17-8-6-7-9-18(17)14-19;1-3-11-14(2,10)13-8-6-4-5-7(9)12-8;1-5-10-13(4,9)12-7(3)11-6(2)8/h3-14,16H,1-2H3;8H,3-6H2,1-2H3;7H,5H2,1-4H3. The van der Waals surface area contributed by atoms with Crippen molar-refractivity contribution in [2.75, 3.05) is 26.5 Å². The summed E-state index contributed by atoms with van der Waals surface area (Å²) in [6.07, 6.45) is -0.882. The van der Waals surface area contributed by atoms with Crippen LogP contribution in [0, 0.1) is 0 Å². The summed E-state index contributed by atoms with van der Waals surface area (Å²) in [4.78, 5) is 32.5. The van der Waals surface area contributed by atoms with Crippen LogP contribution in [0.4, 0.5) is 0 Å². The average molecular weight is 803 g/mol. The van der Waals surface area contributed by atoms with Gasteiger partial charge in [0.15, 0.2) is 0 Å². The van der Waals surface area contributed by atoms with Gasteiger partial charge in [-0.3, -0.25) is 37.1 Å². The van der Waals surface area contributed by atoms with Crippen molar-refractivity contribution in [1.29, 1.82) is 0 Å². The van der Waals surface area contributed by atoms with E-state index < -0.39 is 53.6 Å². The maximum atomic E-state index is 13.5. The Kier molecular flexibility index (Phi) is 19.1. The van der Waals surface area contributed by atoms with E-state index in [1.54, 1.807) is 56.3 Å². The molecule has 6 unspecified atom stereocenters. The molecule has 3 aromatic rings. The largest absolute Gasteiger partial charge is 0.436 e. The third kappa shape index (κ3) is 18.0. The highest BCUT2D eigenvalue weighted by atomic mass is 31.2. The Labute approximate surface area is 310 Å². The smallest absolute Gasteiger partial charge is 0.413 e. The minimum atomic E-state index is -3.76. The van der Waals surface area contributed by atoms with E-state index in [0.29, 0.717) is 43.5 Å². The van der Waals surface area contributed by atoms with E-state index in [1.165, 1.54) is 41.0 Å². The molecule has 1 aliphatic rings. The van der Waals surface area contributed by atoms with E-state index in [0.717, 1.165) is 10.8 Å². The lowest BCUT2D eigenvalue weighted by molar-refractivity contribution is -0.172. The zero-order chi connectivity index (χ0) is 39.7. The highest BCUT2D eigenvalue weighted by Gasteiger charge is 2.33. The molecule has 0 N–H and O–H groups in total. The van der Waals surface area contributed by atoms with E-state index in [2.05, 4.69) is 4.74 Å². The van der Waals surface area contributed by atoms with Gasteiger partial charge in [-0.15, -0.1) is 0 Å². The van der Waals surface area contributed by atoms with Crippen molar-refractivity contribution in [3.05, 3.63) is 72.8 Å². The van der Waals surface area contributed by atoms with Crippen molar-refractivity contribution in [2.24, 2.45) is 0 Å².